The van der Waals surface area contributed by atoms with Crippen LogP contribution in [-0.2, 0) is 22.0 Å². The number of rotatable bonds is 6. The van der Waals surface area contributed by atoms with Crippen molar-refractivity contribution in [2.45, 2.75) is 32.7 Å². The van der Waals surface area contributed by atoms with Crippen molar-refractivity contribution in [2.75, 3.05) is 24.9 Å². The molecule has 1 aromatic rings. The Morgan fingerprint density at radius 1 is 1.58 bits per heavy atom. The average Bonchev–Trinajstić information content (AvgIpc) is 2.72. The Morgan fingerprint density at radius 2 is 2.21 bits per heavy atom. The summed E-state index contributed by atoms with van der Waals surface area (Å²) in [6.45, 7) is 3.93. The number of methoxy groups -OCH3 is 1. The Balaban J connectivity index is 3.08. The van der Waals surface area contributed by atoms with E-state index in [-0.39, 0.29) is 11.7 Å². The second-order valence-corrected chi connectivity index (χ2v) is 5.95. The highest BCUT2D eigenvalue weighted by Gasteiger charge is 2.23. The van der Waals surface area contributed by atoms with E-state index < -0.39 is 16.8 Å². The van der Waals surface area contributed by atoms with Crippen molar-refractivity contribution >= 4 is 22.6 Å². The number of carbonyl (C=O) groups excluding carboxylic acids is 1. The highest BCUT2D eigenvalue weighted by molar-refractivity contribution is 7.84. The van der Waals surface area contributed by atoms with E-state index in [9.17, 15) is 9.00 Å². The molecule has 1 heterocycles. The molecule has 0 aliphatic heterocycles. The van der Waals surface area contributed by atoms with Crippen LogP contribution in [0.15, 0.2) is 0 Å². The summed E-state index contributed by atoms with van der Waals surface area (Å²) in [7, 11) is 0.457. The van der Waals surface area contributed by atoms with Crippen LogP contribution in [0.4, 0.5) is 5.82 Å². The molecule has 0 fully saturated rings. The summed E-state index contributed by atoms with van der Waals surface area (Å²) in [5.74, 6) is 1.12. The Hall–Kier alpha value is -1.37. The molecule has 2 unspecified atom stereocenters. The highest BCUT2D eigenvalue weighted by atomic mass is 32.2. The van der Waals surface area contributed by atoms with Gasteiger partial charge in [0.15, 0.2) is 5.69 Å². The number of nitrogens with zero attached hydrogens (tertiary/aromatic N) is 2. The SMILES string of the molecule is CCc1nc(C(=O)OC)c(N)n1C(C)CCS(C)=O. The van der Waals surface area contributed by atoms with Crippen molar-refractivity contribution in [3.8, 4) is 0 Å². The van der Waals surface area contributed by atoms with Gasteiger partial charge < -0.3 is 15.0 Å². The van der Waals surface area contributed by atoms with Gasteiger partial charge in [0.25, 0.3) is 0 Å². The zero-order valence-electron chi connectivity index (χ0n) is 11.8. The first-order valence-electron chi connectivity index (χ1n) is 6.17. The number of carbonyl (C=O) groups is 1. The van der Waals surface area contributed by atoms with E-state index in [1.807, 2.05) is 18.4 Å². The maximum Gasteiger partial charge on any atom is 0.360 e. The van der Waals surface area contributed by atoms with Gasteiger partial charge in [0.1, 0.15) is 11.6 Å². The van der Waals surface area contributed by atoms with E-state index >= 15 is 0 Å². The minimum absolute atomic E-state index is 0.0461. The number of hydrogen-bond acceptors (Lipinski definition) is 5. The van der Waals surface area contributed by atoms with Crippen molar-refractivity contribution in [3.05, 3.63) is 11.5 Å². The van der Waals surface area contributed by atoms with Gasteiger partial charge in [0, 0.05) is 35.3 Å². The van der Waals surface area contributed by atoms with Gasteiger partial charge in [0.05, 0.1) is 7.11 Å². The number of imidazole rings is 1. The summed E-state index contributed by atoms with van der Waals surface area (Å²) >= 11 is 0. The number of esters is 1. The quantitative estimate of drug-likeness (QED) is 0.793. The zero-order chi connectivity index (χ0) is 14.6. The van der Waals surface area contributed by atoms with Gasteiger partial charge >= 0.3 is 5.97 Å². The number of anilines is 1. The molecule has 2 N–H and O–H groups in total. The molecule has 0 aliphatic rings. The van der Waals surface area contributed by atoms with Gasteiger partial charge in [-0.05, 0) is 13.3 Å². The number of nitrogen functional groups attached to an aromatic ring is 1. The first-order chi connectivity index (χ1) is 8.92. The molecule has 6 nitrogen and oxygen atoms in total. The molecule has 7 heteroatoms. The molecule has 0 saturated heterocycles. The van der Waals surface area contributed by atoms with Crippen molar-refractivity contribution in [1.82, 2.24) is 9.55 Å². The standard InChI is InChI=1S/C12H21N3O3S/c1-5-9-14-10(12(16)18-3)11(13)15(9)8(2)6-7-19(4)17/h8H,5-7,13H2,1-4H3. The van der Waals surface area contributed by atoms with Gasteiger partial charge in [-0.1, -0.05) is 6.92 Å². The smallest absolute Gasteiger partial charge is 0.360 e. The molecular formula is C12H21N3O3S. The lowest BCUT2D eigenvalue weighted by atomic mass is 10.2. The van der Waals surface area contributed by atoms with Crippen LogP contribution in [0, 0.1) is 0 Å². The zero-order valence-corrected chi connectivity index (χ0v) is 12.6. The second kappa shape index (κ2) is 6.70. The predicted octanol–water partition coefficient (Wildman–Crippen LogP) is 1.14. The van der Waals surface area contributed by atoms with Gasteiger partial charge in [-0.2, -0.15) is 0 Å². The van der Waals surface area contributed by atoms with E-state index in [0.29, 0.717) is 18.0 Å². The van der Waals surface area contributed by atoms with E-state index in [4.69, 9.17) is 5.73 Å². The average molecular weight is 287 g/mol. The topological polar surface area (TPSA) is 87.2 Å². The second-order valence-electron chi connectivity index (χ2n) is 4.39. The summed E-state index contributed by atoms with van der Waals surface area (Å²) in [4.78, 5) is 15.8. The van der Waals surface area contributed by atoms with E-state index in [1.54, 1.807) is 6.26 Å². The summed E-state index contributed by atoms with van der Waals surface area (Å²) in [6, 6.07) is 0.0461. The van der Waals surface area contributed by atoms with Gasteiger partial charge in [0.2, 0.25) is 0 Å². The fraction of sp³-hybridized carbons (Fsp3) is 0.667. The normalized spacial score (nSPS) is 14.1. The molecule has 0 amide bonds. The molecule has 0 aromatic carbocycles. The molecule has 0 spiro atoms. The number of aromatic nitrogens is 2. The third kappa shape index (κ3) is 3.56. The molecule has 1 aromatic heterocycles. The molecule has 0 aliphatic carbocycles. The largest absolute Gasteiger partial charge is 0.464 e. The van der Waals surface area contributed by atoms with Crippen LogP contribution in [0.2, 0.25) is 0 Å². The van der Waals surface area contributed by atoms with Crippen LogP contribution in [0.25, 0.3) is 0 Å². The molecule has 0 radical (unpaired) electrons. The third-order valence-electron chi connectivity index (χ3n) is 2.98. The van der Waals surface area contributed by atoms with Crippen LogP contribution < -0.4 is 5.73 Å². The monoisotopic (exact) mass is 287 g/mol. The molecule has 0 saturated carbocycles. The molecule has 0 bridgehead atoms. The molecular weight excluding hydrogens is 266 g/mol. The van der Waals surface area contributed by atoms with Crippen LogP contribution in [0.5, 0.6) is 0 Å². The Bertz CT molecular complexity index is 485. The maximum atomic E-state index is 11.6. The van der Waals surface area contributed by atoms with Crippen LogP contribution in [0.1, 0.15) is 42.6 Å². The fourth-order valence-corrected chi connectivity index (χ4v) is 2.62. The summed E-state index contributed by atoms with van der Waals surface area (Å²) < 4.78 is 17.7. The van der Waals surface area contributed by atoms with Crippen molar-refractivity contribution < 1.29 is 13.7 Å². The van der Waals surface area contributed by atoms with E-state index in [2.05, 4.69) is 9.72 Å². The lowest BCUT2D eigenvalue weighted by Gasteiger charge is -2.17. The van der Waals surface area contributed by atoms with Crippen molar-refractivity contribution in [3.63, 3.8) is 0 Å². The minimum Gasteiger partial charge on any atom is -0.464 e. The Labute approximate surface area is 115 Å². The van der Waals surface area contributed by atoms with Crippen LogP contribution >= 0.6 is 0 Å². The minimum atomic E-state index is -0.845. The summed E-state index contributed by atoms with van der Waals surface area (Å²) in [6.07, 6.45) is 3.06. The Morgan fingerprint density at radius 3 is 2.68 bits per heavy atom. The third-order valence-corrected chi connectivity index (χ3v) is 3.79. The maximum absolute atomic E-state index is 11.6. The highest BCUT2D eigenvalue weighted by Crippen LogP contribution is 2.23. The number of nitrogens with two attached hydrogens (primary N) is 1. The molecule has 19 heavy (non-hydrogen) atoms. The van der Waals surface area contributed by atoms with Crippen molar-refractivity contribution in [1.29, 1.82) is 0 Å². The molecule has 108 valence electrons. The van der Waals surface area contributed by atoms with Gasteiger partial charge in [-0.25, -0.2) is 9.78 Å². The van der Waals surface area contributed by atoms with E-state index in [0.717, 1.165) is 12.2 Å². The molecule has 2 atom stereocenters. The van der Waals surface area contributed by atoms with Gasteiger partial charge in [-0.15, -0.1) is 0 Å². The number of hydrogen-bond donors (Lipinski definition) is 1. The van der Waals surface area contributed by atoms with Crippen LogP contribution in [0.3, 0.4) is 0 Å². The predicted molar refractivity (Wildman–Crippen MR) is 75.6 cm³/mol. The lowest BCUT2D eigenvalue weighted by molar-refractivity contribution is 0.0595. The number of aryl methyl sites for hydroxylation is 1. The lowest BCUT2D eigenvalue weighted by Crippen LogP contribution is -2.15. The number of ether oxygens (including phenoxy) is 1. The fourth-order valence-electron chi connectivity index (χ4n) is 1.95. The molecule has 1 rings (SSSR count). The van der Waals surface area contributed by atoms with E-state index in [1.165, 1.54) is 7.11 Å². The first-order valence-corrected chi connectivity index (χ1v) is 7.89. The summed E-state index contributed by atoms with van der Waals surface area (Å²) in [5, 5.41) is 0. The van der Waals surface area contributed by atoms with Gasteiger partial charge in [-0.3, -0.25) is 4.21 Å². The first kappa shape index (κ1) is 15.7. The van der Waals surface area contributed by atoms with Crippen LogP contribution in [-0.4, -0.2) is 38.8 Å². The summed E-state index contributed by atoms with van der Waals surface area (Å²) in [5.41, 5.74) is 6.14. The Kier molecular flexibility index (Phi) is 5.53. The van der Waals surface area contributed by atoms with Crippen molar-refractivity contribution in [2.24, 2.45) is 0 Å².